The number of hydrogen-bond acceptors (Lipinski definition) is 3. The first-order valence-electron chi connectivity index (χ1n) is 6.84. The smallest absolute Gasteiger partial charge is 0.350 e. The highest BCUT2D eigenvalue weighted by molar-refractivity contribution is 9.10. The second-order valence-electron chi connectivity index (χ2n) is 5.06. The summed E-state index contributed by atoms with van der Waals surface area (Å²) in [6.45, 7) is 1.83. The van der Waals surface area contributed by atoms with Gasteiger partial charge in [-0.05, 0) is 38.8 Å². The van der Waals surface area contributed by atoms with Crippen molar-refractivity contribution in [1.82, 2.24) is 24.9 Å². The molecule has 6 nitrogen and oxygen atoms in total. The Balaban J connectivity index is 1.95. The van der Waals surface area contributed by atoms with Crippen LogP contribution in [0.1, 0.15) is 23.5 Å². The van der Waals surface area contributed by atoms with Gasteiger partial charge in [-0.15, -0.1) is 0 Å². The third-order valence-corrected chi connectivity index (χ3v) is 5.03. The number of aryl methyl sites for hydroxylation is 2. The van der Waals surface area contributed by atoms with E-state index in [-0.39, 0.29) is 29.9 Å². The molecule has 24 heavy (non-hydrogen) atoms. The van der Waals surface area contributed by atoms with Gasteiger partial charge < -0.3 is 5.32 Å². The number of aromatic nitrogens is 4. The van der Waals surface area contributed by atoms with Crippen molar-refractivity contribution < 1.29 is 18.0 Å². The van der Waals surface area contributed by atoms with Crippen molar-refractivity contribution in [3.05, 3.63) is 32.2 Å². The van der Waals surface area contributed by atoms with Crippen LogP contribution in [0.25, 0.3) is 0 Å². The maximum absolute atomic E-state index is 12.8. The Morgan fingerprint density at radius 3 is 2.54 bits per heavy atom. The monoisotopic (exact) mass is 471 g/mol. The summed E-state index contributed by atoms with van der Waals surface area (Å²) >= 11 is 6.22. The zero-order valence-corrected chi connectivity index (χ0v) is 16.0. The van der Waals surface area contributed by atoms with Crippen LogP contribution in [-0.4, -0.2) is 25.5 Å². The summed E-state index contributed by atoms with van der Waals surface area (Å²) in [4.78, 5) is 11.9. The molecule has 2 aromatic rings. The lowest BCUT2D eigenvalue weighted by molar-refractivity contribution is -0.142. The summed E-state index contributed by atoms with van der Waals surface area (Å²) < 4.78 is 41.9. The minimum atomic E-state index is -4.54. The quantitative estimate of drug-likeness (QED) is 0.726. The Kier molecular flexibility index (Phi) is 5.74. The topological polar surface area (TPSA) is 64.7 Å². The molecule has 1 N–H and O–H groups in total. The largest absolute Gasteiger partial charge is 0.436 e. The van der Waals surface area contributed by atoms with Gasteiger partial charge in [-0.2, -0.15) is 23.4 Å². The van der Waals surface area contributed by atoms with E-state index in [0.29, 0.717) is 5.69 Å². The fourth-order valence-electron chi connectivity index (χ4n) is 2.04. The highest BCUT2D eigenvalue weighted by Crippen LogP contribution is 2.35. The zero-order chi connectivity index (χ0) is 18.1. The highest BCUT2D eigenvalue weighted by atomic mass is 79.9. The maximum atomic E-state index is 12.8. The number of hydrogen-bond donors (Lipinski definition) is 1. The molecular formula is C13H14Br2F3N5O. The standard InChI is InChI=1S/C13H14Br2F3N5O/c1-7-11(15)12(13(16,17)18)21-23(7)4-3-10(24)19-6-9-8(14)5-20-22(9)2/h5H,3-4,6H2,1-2H3,(H,19,24). The molecule has 0 spiro atoms. The van der Waals surface area contributed by atoms with E-state index in [0.717, 1.165) is 10.2 Å². The van der Waals surface area contributed by atoms with Crippen molar-refractivity contribution in [1.29, 1.82) is 0 Å². The number of nitrogens with one attached hydrogen (secondary N) is 1. The molecule has 0 aromatic carbocycles. The number of rotatable bonds is 5. The minimum absolute atomic E-state index is 0.0156. The van der Waals surface area contributed by atoms with E-state index in [1.807, 2.05) is 0 Å². The number of halogens is 5. The molecule has 2 rings (SSSR count). The lowest BCUT2D eigenvalue weighted by Gasteiger charge is -2.07. The molecule has 0 saturated carbocycles. The molecule has 1 amide bonds. The summed E-state index contributed by atoms with van der Waals surface area (Å²) in [6, 6.07) is 0. The van der Waals surface area contributed by atoms with Gasteiger partial charge in [0.2, 0.25) is 5.91 Å². The van der Waals surface area contributed by atoms with Crippen LogP contribution >= 0.6 is 31.9 Å². The van der Waals surface area contributed by atoms with E-state index >= 15 is 0 Å². The molecule has 0 bridgehead atoms. The second-order valence-corrected chi connectivity index (χ2v) is 6.71. The van der Waals surface area contributed by atoms with Gasteiger partial charge in [0.25, 0.3) is 0 Å². The molecule has 0 aliphatic carbocycles. The van der Waals surface area contributed by atoms with Crippen LogP contribution in [0.5, 0.6) is 0 Å². The molecule has 0 aliphatic rings. The first-order chi connectivity index (χ1) is 11.1. The summed E-state index contributed by atoms with van der Waals surface area (Å²) in [6.07, 6.45) is -2.91. The third kappa shape index (κ3) is 4.18. The van der Waals surface area contributed by atoms with E-state index in [2.05, 4.69) is 47.4 Å². The molecule has 0 aliphatic heterocycles. The zero-order valence-electron chi connectivity index (χ0n) is 12.8. The molecule has 2 aromatic heterocycles. The van der Waals surface area contributed by atoms with Gasteiger partial charge in [-0.3, -0.25) is 14.2 Å². The van der Waals surface area contributed by atoms with Crippen molar-refractivity contribution in [2.75, 3.05) is 0 Å². The molecular weight excluding hydrogens is 459 g/mol. The number of amides is 1. The fourth-order valence-corrected chi connectivity index (χ4v) is 3.03. The van der Waals surface area contributed by atoms with Crippen LogP contribution in [0.15, 0.2) is 15.1 Å². The number of nitrogens with zero attached hydrogens (tertiary/aromatic N) is 4. The summed E-state index contributed by atoms with van der Waals surface area (Å²) in [5, 5.41) is 10.3. The van der Waals surface area contributed by atoms with Crippen molar-refractivity contribution in [2.45, 2.75) is 32.6 Å². The Morgan fingerprint density at radius 2 is 2.04 bits per heavy atom. The number of carbonyl (C=O) groups is 1. The van der Waals surface area contributed by atoms with Crippen LogP contribution < -0.4 is 5.32 Å². The van der Waals surface area contributed by atoms with Crippen molar-refractivity contribution in [2.24, 2.45) is 7.05 Å². The number of alkyl halides is 3. The molecule has 2 heterocycles. The lowest BCUT2D eigenvalue weighted by atomic mass is 10.3. The Hall–Kier alpha value is -1.36. The van der Waals surface area contributed by atoms with Crippen LogP contribution in [0.4, 0.5) is 13.2 Å². The Labute approximate surface area is 152 Å². The lowest BCUT2D eigenvalue weighted by Crippen LogP contribution is -2.25. The fraction of sp³-hybridized carbons (Fsp3) is 0.462. The van der Waals surface area contributed by atoms with Gasteiger partial charge in [-0.25, -0.2) is 0 Å². The van der Waals surface area contributed by atoms with Gasteiger partial charge in [0.1, 0.15) is 0 Å². The van der Waals surface area contributed by atoms with E-state index in [1.54, 1.807) is 17.9 Å². The molecule has 0 radical (unpaired) electrons. The van der Waals surface area contributed by atoms with E-state index in [1.165, 1.54) is 11.6 Å². The summed E-state index contributed by atoms with van der Waals surface area (Å²) in [5.41, 5.74) is 0.129. The predicted molar refractivity (Wildman–Crippen MR) is 87.0 cm³/mol. The first kappa shape index (κ1) is 19.0. The van der Waals surface area contributed by atoms with Crippen LogP contribution in [0.3, 0.4) is 0 Å². The van der Waals surface area contributed by atoms with Crippen LogP contribution in [0.2, 0.25) is 0 Å². The van der Waals surface area contributed by atoms with Crippen LogP contribution in [0, 0.1) is 6.92 Å². The van der Waals surface area contributed by atoms with Gasteiger partial charge in [-0.1, -0.05) is 0 Å². The summed E-state index contributed by atoms with van der Waals surface area (Å²) in [5.74, 6) is -0.289. The Morgan fingerprint density at radius 1 is 1.38 bits per heavy atom. The average molecular weight is 473 g/mol. The van der Waals surface area contributed by atoms with Gasteiger partial charge >= 0.3 is 6.18 Å². The Bertz CT molecular complexity index is 734. The predicted octanol–water partition coefficient (Wildman–Crippen LogP) is 3.18. The SMILES string of the molecule is Cc1c(Br)c(C(F)(F)F)nn1CCC(=O)NCc1c(Br)cnn1C. The normalized spacial score (nSPS) is 11.8. The summed E-state index contributed by atoms with van der Waals surface area (Å²) in [7, 11) is 1.75. The second kappa shape index (κ2) is 7.26. The number of carbonyl (C=O) groups excluding carboxylic acids is 1. The van der Waals surface area contributed by atoms with Gasteiger partial charge in [0.15, 0.2) is 5.69 Å². The van der Waals surface area contributed by atoms with E-state index in [4.69, 9.17) is 0 Å². The molecule has 0 unspecified atom stereocenters. The molecule has 0 atom stereocenters. The van der Waals surface area contributed by atoms with Crippen LogP contribution in [-0.2, 0) is 31.1 Å². The van der Waals surface area contributed by atoms with E-state index < -0.39 is 11.9 Å². The van der Waals surface area contributed by atoms with Crippen molar-refractivity contribution >= 4 is 37.8 Å². The van der Waals surface area contributed by atoms with Crippen molar-refractivity contribution in [3.8, 4) is 0 Å². The van der Waals surface area contributed by atoms with Gasteiger partial charge in [0.05, 0.1) is 39.6 Å². The first-order valence-corrected chi connectivity index (χ1v) is 8.43. The van der Waals surface area contributed by atoms with E-state index in [9.17, 15) is 18.0 Å². The highest BCUT2D eigenvalue weighted by Gasteiger charge is 2.37. The molecule has 0 fully saturated rings. The minimum Gasteiger partial charge on any atom is -0.350 e. The molecule has 132 valence electrons. The average Bonchev–Trinajstić information content (AvgIpc) is 2.96. The maximum Gasteiger partial charge on any atom is 0.436 e. The van der Waals surface area contributed by atoms with Gasteiger partial charge in [0, 0.05) is 13.5 Å². The molecule has 0 saturated heterocycles. The third-order valence-electron chi connectivity index (χ3n) is 3.42. The molecule has 11 heteroatoms. The van der Waals surface area contributed by atoms with Crippen molar-refractivity contribution in [3.63, 3.8) is 0 Å².